The van der Waals surface area contributed by atoms with Crippen molar-refractivity contribution in [1.29, 1.82) is 0 Å². The molecule has 1 amide bonds. The second-order valence-electron chi connectivity index (χ2n) is 5.17. The molecule has 2 unspecified atom stereocenters. The number of carbonyl (C=O) groups excluding carboxylic acids is 1. The average molecular weight is 289 g/mol. The number of benzene rings is 1. The van der Waals surface area contributed by atoms with E-state index in [-0.39, 0.29) is 17.9 Å². The van der Waals surface area contributed by atoms with E-state index in [0.717, 1.165) is 16.5 Å². The minimum absolute atomic E-state index is 0.0196. The van der Waals surface area contributed by atoms with Crippen LogP contribution in [0.5, 0.6) is 0 Å². The summed E-state index contributed by atoms with van der Waals surface area (Å²) >= 11 is 1.47. The highest BCUT2D eigenvalue weighted by Gasteiger charge is 2.30. The third-order valence-electron chi connectivity index (χ3n) is 3.77. The van der Waals surface area contributed by atoms with Crippen LogP contribution in [0.15, 0.2) is 30.3 Å². The number of fused-ring (bicyclic) bond motifs is 1. The predicted molar refractivity (Wildman–Crippen MR) is 78.1 cm³/mol. The first-order valence-electron chi connectivity index (χ1n) is 6.66. The van der Waals surface area contributed by atoms with Gasteiger partial charge in [-0.1, -0.05) is 18.2 Å². The van der Waals surface area contributed by atoms with Crippen LogP contribution in [0.25, 0.3) is 10.1 Å². The maximum atomic E-state index is 12.2. The number of rotatable bonds is 3. The zero-order valence-corrected chi connectivity index (χ0v) is 11.7. The highest BCUT2D eigenvalue weighted by Crippen LogP contribution is 2.28. The smallest absolute Gasteiger partial charge is 0.306 e. The van der Waals surface area contributed by atoms with Crippen molar-refractivity contribution in [2.45, 2.75) is 25.3 Å². The molecule has 1 fully saturated rings. The van der Waals surface area contributed by atoms with Gasteiger partial charge in [0, 0.05) is 10.7 Å². The topological polar surface area (TPSA) is 66.4 Å². The van der Waals surface area contributed by atoms with Gasteiger partial charge >= 0.3 is 5.97 Å². The molecule has 2 aromatic rings. The molecule has 4 nitrogen and oxygen atoms in total. The first-order chi connectivity index (χ1) is 9.63. The SMILES string of the molecule is O=C(NC1CCC(C(=O)O)C1)c1cc2ccccc2s1. The molecule has 1 heterocycles. The molecular weight excluding hydrogens is 274 g/mol. The fraction of sp³-hybridized carbons (Fsp3) is 0.333. The van der Waals surface area contributed by atoms with E-state index in [1.165, 1.54) is 11.3 Å². The number of amides is 1. The van der Waals surface area contributed by atoms with Gasteiger partial charge in [-0.05, 0) is 36.8 Å². The largest absolute Gasteiger partial charge is 0.481 e. The summed E-state index contributed by atoms with van der Waals surface area (Å²) in [7, 11) is 0. The molecule has 2 atom stereocenters. The molecule has 0 aliphatic heterocycles. The molecule has 0 saturated heterocycles. The lowest BCUT2D eigenvalue weighted by atomic mass is 10.1. The van der Waals surface area contributed by atoms with Gasteiger partial charge in [0.1, 0.15) is 0 Å². The molecule has 0 radical (unpaired) electrons. The minimum atomic E-state index is -0.761. The Morgan fingerprint density at radius 1 is 1.25 bits per heavy atom. The first kappa shape index (κ1) is 13.1. The van der Waals surface area contributed by atoms with Crippen LogP contribution in [0.3, 0.4) is 0 Å². The number of carboxylic acids is 1. The van der Waals surface area contributed by atoms with Crippen LogP contribution < -0.4 is 5.32 Å². The molecule has 104 valence electrons. The van der Waals surface area contributed by atoms with Crippen LogP contribution in [0, 0.1) is 5.92 Å². The molecular formula is C15H15NO3S. The fourth-order valence-corrected chi connectivity index (χ4v) is 3.65. The Bertz CT molecular complexity index is 631. The van der Waals surface area contributed by atoms with Gasteiger partial charge in [0.25, 0.3) is 5.91 Å². The van der Waals surface area contributed by atoms with E-state index < -0.39 is 5.97 Å². The van der Waals surface area contributed by atoms with Gasteiger partial charge in [-0.3, -0.25) is 9.59 Å². The van der Waals surface area contributed by atoms with E-state index in [1.54, 1.807) is 0 Å². The Morgan fingerprint density at radius 2 is 2.05 bits per heavy atom. The highest BCUT2D eigenvalue weighted by molar-refractivity contribution is 7.20. The number of nitrogens with one attached hydrogen (secondary N) is 1. The molecule has 0 spiro atoms. The van der Waals surface area contributed by atoms with Gasteiger partial charge < -0.3 is 10.4 Å². The quantitative estimate of drug-likeness (QED) is 0.913. The summed E-state index contributed by atoms with van der Waals surface area (Å²) < 4.78 is 1.09. The number of carboxylic acid groups (broad SMARTS) is 1. The molecule has 3 rings (SSSR count). The normalized spacial score (nSPS) is 22.0. The van der Waals surface area contributed by atoms with E-state index in [0.29, 0.717) is 17.7 Å². The van der Waals surface area contributed by atoms with Crippen LogP contribution in [-0.2, 0) is 4.79 Å². The van der Waals surface area contributed by atoms with Crippen LogP contribution in [0.2, 0.25) is 0 Å². The summed E-state index contributed by atoms with van der Waals surface area (Å²) in [5.74, 6) is -1.17. The third-order valence-corrected chi connectivity index (χ3v) is 4.88. The number of hydrogen-bond acceptors (Lipinski definition) is 3. The van der Waals surface area contributed by atoms with Gasteiger partial charge in [-0.15, -0.1) is 11.3 Å². The van der Waals surface area contributed by atoms with Crippen molar-refractivity contribution < 1.29 is 14.7 Å². The Morgan fingerprint density at radius 3 is 2.75 bits per heavy atom. The van der Waals surface area contributed by atoms with Gasteiger partial charge in [0.2, 0.25) is 0 Å². The average Bonchev–Trinajstić information content (AvgIpc) is 3.04. The summed E-state index contributed by atoms with van der Waals surface area (Å²) in [6.45, 7) is 0. The zero-order valence-electron chi connectivity index (χ0n) is 10.8. The molecule has 1 saturated carbocycles. The Labute approximate surface area is 120 Å². The third kappa shape index (κ3) is 2.54. The molecule has 5 heteroatoms. The molecule has 1 aromatic heterocycles. The lowest BCUT2D eigenvalue weighted by Crippen LogP contribution is -2.32. The standard InChI is InChI=1S/C15H15NO3S/c17-14(16-11-6-5-10(7-11)15(18)19)13-8-9-3-1-2-4-12(9)20-13/h1-4,8,10-11H,5-7H2,(H,16,17)(H,18,19). The summed E-state index contributed by atoms with van der Waals surface area (Å²) in [4.78, 5) is 23.8. The van der Waals surface area contributed by atoms with E-state index in [4.69, 9.17) is 5.11 Å². The Hall–Kier alpha value is -1.88. The summed E-state index contributed by atoms with van der Waals surface area (Å²) in [5.41, 5.74) is 0. The molecule has 0 bridgehead atoms. The summed E-state index contributed by atoms with van der Waals surface area (Å²) in [6, 6.07) is 9.75. The molecule has 20 heavy (non-hydrogen) atoms. The Balaban J connectivity index is 1.69. The van der Waals surface area contributed by atoms with Crippen LogP contribution >= 0.6 is 11.3 Å². The van der Waals surface area contributed by atoms with E-state index in [1.807, 2.05) is 30.3 Å². The number of aliphatic carboxylic acids is 1. The fourth-order valence-electron chi connectivity index (χ4n) is 2.69. The number of hydrogen-bond donors (Lipinski definition) is 2. The van der Waals surface area contributed by atoms with Crippen LogP contribution in [0.1, 0.15) is 28.9 Å². The lowest BCUT2D eigenvalue weighted by Gasteiger charge is -2.11. The molecule has 1 aromatic carbocycles. The van der Waals surface area contributed by atoms with Crippen molar-refractivity contribution >= 4 is 33.3 Å². The van der Waals surface area contributed by atoms with Crippen molar-refractivity contribution in [2.75, 3.05) is 0 Å². The predicted octanol–water partition coefficient (Wildman–Crippen LogP) is 2.88. The first-order valence-corrected chi connectivity index (χ1v) is 7.47. The maximum absolute atomic E-state index is 12.2. The number of carbonyl (C=O) groups is 2. The second kappa shape index (κ2) is 5.25. The van der Waals surface area contributed by atoms with Crippen LogP contribution in [-0.4, -0.2) is 23.0 Å². The zero-order chi connectivity index (χ0) is 14.1. The van der Waals surface area contributed by atoms with E-state index in [9.17, 15) is 9.59 Å². The minimum Gasteiger partial charge on any atom is -0.481 e. The van der Waals surface area contributed by atoms with Gasteiger partial charge in [0.05, 0.1) is 10.8 Å². The van der Waals surface area contributed by atoms with Crippen LogP contribution in [0.4, 0.5) is 0 Å². The summed E-state index contributed by atoms with van der Waals surface area (Å²) in [6.07, 6.45) is 1.92. The van der Waals surface area contributed by atoms with Gasteiger partial charge in [-0.25, -0.2) is 0 Å². The molecule has 1 aliphatic carbocycles. The lowest BCUT2D eigenvalue weighted by molar-refractivity contribution is -0.141. The van der Waals surface area contributed by atoms with Gasteiger partial charge in [0.15, 0.2) is 0 Å². The van der Waals surface area contributed by atoms with Crippen molar-refractivity contribution in [1.82, 2.24) is 5.32 Å². The van der Waals surface area contributed by atoms with Crippen molar-refractivity contribution in [2.24, 2.45) is 5.92 Å². The highest BCUT2D eigenvalue weighted by atomic mass is 32.1. The molecule has 1 aliphatic rings. The van der Waals surface area contributed by atoms with Crippen molar-refractivity contribution in [3.05, 3.63) is 35.2 Å². The monoisotopic (exact) mass is 289 g/mol. The van der Waals surface area contributed by atoms with Crippen molar-refractivity contribution in [3.8, 4) is 0 Å². The Kier molecular flexibility index (Phi) is 3.44. The number of thiophene rings is 1. The van der Waals surface area contributed by atoms with E-state index in [2.05, 4.69) is 5.32 Å². The van der Waals surface area contributed by atoms with Gasteiger partial charge in [-0.2, -0.15) is 0 Å². The maximum Gasteiger partial charge on any atom is 0.306 e. The second-order valence-corrected chi connectivity index (χ2v) is 6.25. The van der Waals surface area contributed by atoms with Crippen molar-refractivity contribution in [3.63, 3.8) is 0 Å². The molecule has 2 N–H and O–H groups in total. The van der Waals surface area contributed by atoms with E-state index >= 15 is 0 Å². The summed E-state index contributed by atoms with van der Waals surface area (Å²) in [5, 5.41) is 13.0.